The molecule has 3 nitrogen and oxygen atoms in total. The molecule has 1 aromatic carbocycles. The van der Waals surface area contributed by atoms with Gasteiger partial charge < -0.3 is 5.11 Å². The van der Waals surface area contributed by atoms with E-state index >= 15 is 0 Å². The van der Waals surface area contributed by atoms with E-state index in [0.717, 1.165) is 6.08 Å². The molecule has 4 heteroatoms. The first kappa shape index (κ1) is 10.7. The molecule has 0 aliphatic carbocycles. The fourth-order valence-corrected chi connectivity index (χ4v) is 1.07. The van der Waals surface area contributed by atoms with Crippen molar-refractivity contribution in [3.63, 3.8) is 0 Å². The quantitative estimate of drug-likeness (QED) is 0.665. The summed E-state index contributed by atoms with van der Waals surface area (Å²) in [6, 6.07) is 8.47. The predicted molar refractivity (Wildman–Crippen MR) is 55.4 cm³/mol. The zero-order chi connectivity index (χ0) is 10.6. The minimum Gasteiger partial charge on any atom is -0.477 e. The van der Waals surface area contributed by atoms with Crippen molar-refractivity contribution in [1.82, 2.24) is 0 Å². The Morgan fingerprint density at radius 1 is 1.21 bits per heavy atom. The molecule has 0 aliphatic heterocycles. The average molecular weight is 255 g/mol. The Balaban J connectivity index is 2.88. The molecule has 0 fully saturated rings. The van der Waals surface area contributed by atoms with E-state index in [0.29, 0.717) is 5.56 Å². The van der Waals surface area contributed by atoms with Crippen LogP contribution in [0.15, 0.2) is 40.9 Å². The van der Waals surface area contributed by atoms with Crippen LogP contribution in [0.1, 0.15) is 10.4 Å². The highest BCUT2D eigenvalue weighted by Gasteiger charge is 2.07. The van der Waals surface area contributed by atoms with Gasteiger partial charge in [0, 0.05) is 11.6 Å². The lowest BCUT2D eigenvalue weighted by atomic mass is 10.1. The first-order chi connectivity index (χ1) is 6.61. The second-order valence-corrected chi connectivity index (χ2v) is 3.38. The third kappa shape index (κ3) is 2.81. The van der Waals surface area contributed by atoms with Crippen molar-refractivity contribution in [2.24, 2.45) is 0 Å². The minimum atomic E-state index is -1.16. The summed E-state index contributed by atoms with van der Waals surface area (Å²) >= 11 is 2.78. The van der Waals surface area contributed by atoms with Crippen molar-refractivity contribution in [1.29, 1.82) is 0 Å². The summed E-state index contributed by atoms with van der Waals surface area (Å²) < 4.78 is -0.147. The number of carbonyl (C=O) groups excluding carboxylic acids is 1. The van der Waals surface area contributed by atoms with Gasteiger partial charge >= 0.3 is 5.97 Å². The zero-order valence-corrected chi connectivity index (χ0v) is 8.69. The third-order valence-electron chi connectivity index (χ3n) is 1.52. The zero-order valence-electron chi connectivity index (χ0n) is 7.11. The maximum atomic E-state index is 11.4. The second-order valence-electron chi connectivity index (χ2n) is 2.53. The van der Waals surface area contributed by atoms with Gasteiger partial charge in [0.05, 0.1) is 0 Å². The number of halogens is 1. The molecule has 0 radical (unpaired) electrons. The fraction of sp³-hybridized carbons (Fsp3) is 0. The van der Waals surface area contributed by atoms with Crippen molar-refractivity contribution in [2.45, 2.75) is 0 Å². The van der Waals surface area contributed by atoms with E-state index in [9.17, 15) is 9.59 Å². The van der Waals surface area contributed by atoms with Crippen molar-refractivity contribution in [3.05, 3.63) is 46.5 Å². The molecule has 72 valence electrons. The maximum absolute atomic E-state index is 11.4. The summed E-state index contributed by atoms with van der Waals surface area (Å²) in [4.78, 5) is 21.8. The molecule has 0 aromatic heterocycles. The largest absolute Gasteiger partial charge is 0.477 e. The van der Waals surface area contributed by atoms with Crippen LogP contribution in [0.25, 0.3) is 0 Å². The first-order valence-electron chi connectivity index (χ1n) is 3.81. The molecule has 0 saturated heterocycles. The summed E-state index contributed by atoms with van der Waals surface area (Å²) in [6.45, 7) is 0. The lowest BCUT2D eigenvalue weighted by Gasteiger charge is -1.94. The van der Waals surface area contributed by atoms with Crippen LogP contribution in [0, 0.1) is 0 Å². The standard InChI is InChI=1S/C10H7BrO3/c11-8(10(13)14)6-9(12)7-4-2-1-3-5-7/h1-6H,(H,13,14)/b8-6+. The summed E-state index contributed by atoms with van der Waals surface area (Å²) in [6.07, 6.45) is 1.04. The van der Waals surface area contributed by atoms with Crippen LogP contribution in [-0.2, 0) is 4.79 Å². The Bertz CT molecular complexity index is 382. The summed E-state index contributed by atoms with van der Waals surface area (Å²) in [5, 5.41) is 8.51. The number of rotatable bonds is 3. The van der Waals surface area contributed by atoms with Gasteiger partial charge in [0.1, 0.15) is 4.48 Å². The molecule has 0 bridgehead atoms. The molecule has 0 amide bonds. The highest BCUT2D eigenvalue weighted by Crippen LogP contribution is 2.08. The first-order valence-corrected chi connectivity index (χ1v) is 4.60. The Hall–Kier alpha value is -1.42. The molecule has 0 aliphatic rings. The highest BCUT2D eigenvalue weighted by molar-refractivity contribution is 9.12. The van der Waals surface area contributed by atoms with Gasteiger partial charge in [0.2, 0.25) is 0 Å². The molecule has 1 aromatic rings. The van der Waals surface area contributed by atoms with Crippen LogP contribution in [-0.4, -0.2) is 16.9 Å². The Kier molecular flexibility index (Phi) is 3.59. The average Bonchev–Trinajstić information content (AvgIpc) is 2.19. The van der Waals surface area contributed by atoms with Gasteiger partial charge in [-0.15, -0.1) is 0 Å². The van der Waals surface area contributed by atoms with Crippen LogP contribution in [0.5, 0.6) is 0 Å². The van der Waals surface area contributed by atoms with E-state index in [2.05, 4.69) is 15.9 Å². The minimum absolute atomic E-state index is 0.147. The lowest BCUT2D eigenvalue weighted by molar-refractivity contribution is -0.131. The van der Waals surface area contributed by atoms with Crippen molar-refractivity contribution < 1.29 is 14.7 Å². The number of carbonyl (C=O) groups is 2. The van der Waals surface area contributed by atoms with Gasteiger partial charge in [-0.3, -0.25) is 4.79 Å². The number of hydrogen-bond donors (Lipinski definition) is 1. The van der Waals surface area contributed by atoms with Crippen LogP contribution in [0.2, 0.25) is 0 Å². The van der Waals surface area contributed by atoms with Crippen molar-refractivity contribution in [3.8, 4) is 0 Å². The van der Waals surface area contributed by atoms with Crippen LogP contribution in [0.3, 0.4) is 0 Å². The monoisotopic (exact) mass is 254 g/mol. The van der Waals surface area contributed by atoms with Crippen molar-refractivity contribution in [2.75, 3.05) is 0 Å². The van der Waals surface area contributed by atoms with Gasteiger partial charge in [-0.25, -0.2) is 4.79 Å². The second kappa shape index (κ2) is 4.72. The van der Waals surface area contributed by atoms with Gasteiger partial charge in [0.15, 0.2) is 5.78 Å². The molecule has 1 N–H and O–H groups in total. The van der Waals surface area contributed by atoms with Crippen LogP contribution < -0.4 is 0 Å². The topological polar surface area (TPSA) is 54.4 Å². The normalized spacial score (nSPS) is 11.1. The summed E-state index contributed by atoms with van der Waals surface area (Å²) in [7, 11) is 0. The SMILES string of the molecule is O=C(O)/C(Br)=C\C(=O)c1ccccc1. The van der Waals surface area contributed by atoms with E-state index in [1.54, 1.807) is 30.3 Å². The summed E-state index contributed by atoms with van der Waals surface area (Å²) in [5.74, 6) is -1.49. The smallest absolute Gasteiger partial charge is 0.342 e. The molecular weight excluding hydrogens is 248 g/mol. The van der Waals surface area contributed by atoms with Gasteiger partial charge in [-0.1, -0.05) is 30.3 Å². The number of ketones is 1. The van der Waals surface area contributed by atoms with E-state index in [1.165, 1.54) is 0 Å². The Morgan fingerprint density at radius 2 is 1.79 bits per heavy atom. The Labute approximate surface area is 89.2 Å². The Morgan fingerprint density at radius 3 is 2.29 bits per heavy atom. The predicted octanol–water partition coefficient (Wildman–Crippen LogP) is 2.23. The molecule has 0 saturated carbocycles. The molecule has 14 heavy (non-hydrogen) atoms. The van der Waals surface area contributed by atoms with Gasteiger partial charge in [-0.05, 0) is 15.9 Å². The van der Waals surface area contributed by atoms with E-state index in [1.807, 2.05) is 0 Å². The van der Waals surface area contributed by atoms with Crippen LogP contribution in [0.4, 0.5) is 0 Å². The number of aliphatic carboxylic acids is 1. The van der Waals surface area contributed by atoms with E-state index < -0.39 is 5.97 Å². The van der Waals surface area contributed by atoms with E-state index in [-0.39, 0.29) is 10.3 Å². The molecule has 0 atom stereocenters. The third-order valence-corrected chi connectivity index (χ3v) is 2.09. The molecule has 0 unspecified atom stereocenters. The van der Waals surface area contributed by atoms with Gasteiger partial charge in [0.25, 0.3) is 0 Å². The summed E-state index contributed by atoms with van der Waals surface area (Å²) in [5.41, 5.74) is 0.464. The molecule has 1 rings (SSSR count). The molecular formula is C10H7BrO3. The number of carboxylic acid groups (broad SMARTS) is 1. The molecule has 0 heterocycles. The number of hydrogen-bond acceptors (Lipinski definition) is 2. The van der Waals surface area contributed by atoms with E-state index in [4.69, 9.17) is 5.11 Å². The van der Waals surface area contributed by atoms with Gasteiger partial charge in [-0.2, -0.15) is 0 Å². The number of benzene rings is 1. The number of carboxylic acids is 1. The van der Waals surface area contributed by atoms with Crippen molar-refractivity contribution >= 4 is 27.7 Å². The number of allylic oxidation sites excluding steroid dienone is 1. The fourth-order valence-electron chi connectivity index (χ4n) is 0.863. The molecule has 0 spiro atoms. The lowest BCUT2D eigenvalue weighted by Crippen LogP contribution is -1.99. The van der Waals surface area contributed by atoms with Crippen LogP contribution >= 0.6 is 15.9 Å². The highest BCUT2D eigenvalue weighted by atomic mass is 79.9. The maximum Gasteiger partial charge on any atom is 0.342 e.